The number of benzene rings is 3. The van der Waals surface area contributed by atoms with Crippen LogP contribution in [0, 0.1) is 0 Å². The molecule has 15 heteroatoms. The van der Waals surface area contributed by atoms with Crippen molar-refractivity contribution in [3.8, 4) is 5.75 Å². The number of halogens is 1. The number of rotatable bonds is 7. The summed E-state index contributed by atoms with van der Waals surface area (Å²) in [6.07, 6.45) is 5.84. The van der Waals surface area contributed by atoms with Gasteiger partial charge in [-0.25, -0.2) is 4.68 Å². The topological polar surface area (TPSA) is 177 Å². The number of nitrogens with two attached hydrogens (primary N) is 1. The quantitative estimate of drug-likeness (QED) is 0.258. The van der Waals surface area contributed by atoms with Gasteiger partial charge in [-0.15, -0.1) is 0 Å². The van der Waals surface area contributed by atoms with Crippen molar-refractivity contribution in [3.05, 3.63) is 122 Å². The highest BCUT2D eigenvalue weighted by atomic mass is 79.9. The van der Waals surface area contributed by atoms with Gasteiger partial charge in [0.15, 0.2) is 0 Å². The van der Waals surface area contributed by atoms with E-state index in [9.17, 15) is 28.8 Å². The Morgan fingerprint density at radius 2 is 1.58 bits per heavy atom. The summed E-state index contributed by atoms with van der Waals surface area (Å²) in [4.78, 5) is 78.5. The van der Waals surface area contributed by atoms with Crippen LogP contribution < -0.4 is 21.3 Å². The Morgan fingerprint density at radius 1 is 0.909 bits per heavy atom. The van der Waals surface area contributed by atoms with Crippen molar-refractivity contribution in [2.24, 2.45) is 7.05 Å². The lowest BCUT2D eigenvalue weighted by atomic mass is 10.0. The summed E-state index contributed by atoms with van der Waals surface area (Å²) < 4.78 is 7.51. The zero-order chi connectivity index (χ0) is 39.6. The smallest absolute Gasteiger partial charge is 0.282 e. The molecule has 3 N–H and O–H groups in total. The van der Waals surface area contributed by atoms with Crippen LogP contribution in [0.5, 0.6) is 5.75 Å². The molecule has 3 aliphatic rings. The summed E-state index contributed by atoms with van der Waals surface area (Å²) in [5.74, 6) is -2.10. The largest absolute Gasteiger partial charge is 0.488 e. The third-order valence-corrected chi connectivity index (χ3v) is 10.1. The SMILES string of the molecule is CN(Cc1ccc(COc2cccc3c2C(=O)N(C2CCC(=O)NC2=O)C3=O)cc1)C(=O)c1ccccc1.CN1CCCCC1.Cn1ncc(N)c(Br)c1=O. The Balaban J connectivity index is 0.000000279. The van der Waals surface area contributed by atoms with Crippen LogP contribution in [0.4, 0.5) is 5.69 Å². The van der Waals surface area contributed by atoms with Gasteiger partial charge in [0.2, 0.25) is 11.8 Å². The van der Waals surface area contributed by atoms with Crippen LogP contribution in [-0.4, -0.2) is 87.2 Å². The van der Waals surface area contributed by atoms with Crippen molar-refractivity contribution >= 4 is 51.2 Å². The number of hydrogen-bond donors (Lipinski definition) is 2. The molecule has 288 valence electrons. The number of nitrogens with one attached hydrogen (secondary N) is 1. The minimum absolute atomic E-state index is 0.0549. The second-order valence-corrected chi connectivity index (χ2v) is 14.3. The number of amides is 5. The number of imide groups is 2. The molecule has 3 aromatic carbocycles. The van der Waals surface area contributed by atoms with Gasteiger partial charge in [0.1, 0.15) is 22.9 Å². The first-order valence-electron chi connectivity index (χ1n) is 17.9. The van der Waals surface area contributed by atoms with Gasteiger partial charge in [0.25, 0.3) is 23.3 Å². The maximum Gasteiger partial charge on any atom is 0.282 e. The summed E-state index contributed by atoms with van der Waals surface area (Å²) in [6.45, 7) is 3.23. The number of nitrogens with zero attached hydrogens (tertiary/aromatic N) is 5. The first-order valence-corrected chi connectivity index (χ1v) is 18.7. The van der Waals surface area contributed by atoms with Crippen LogP contribution in [0.15, 0.2) is 88.3 Å². The molecule has 1 atom stereocenters. The van der Waals surface area contributed by atoms with Crippen molar-refractivity contribution in [1.29, 1.82) is 0 Å². The average molecular weight is 815 g/mol. The Kier molecular flexibility index (Phi) is 13.7. The highest BCUT2D eigenvalue weighted by Gasteiger charge is 2.46. The van der Waals surface area contributed by atoms with Gasteiger partial charge in [-0.05, 0) is 90.7 Å². The summed E-state index contributed by atoms with van der Waals surface area (Å²) in [6, 6.07) is 20.4. The van der Waals surface area contributed by atoms with Gasteiger partial charge in [0, 0.05) is 32.6 Å². The number of carbonyl (C=O) groups excluding carboxylic acids is 5. The van der Waals surface area contributed by atoms with Crippen LogP contribution >= 0.6 is 15.9 Å². The molecule has 0 aliphatic carbocycles. The van der Waals surface area contributed by atoms with E-state index in [-0.39, 0.29) is 47.8 Å². The van der Waals surface area contributed by atoms with Crippen LogP contribution in [0.3, 0.4) is 0 Å². The van der Waals surface area contributed by atoms with Gasteiger partial charge in [-0.1, -0.05) is 55.0 Å². The number of piperidine rings is 2. The fourth-order valence-corrected chi connectivity index (χ4v) is 6.59. The molecule has 14 nitrogen and oxygen atoms in total. The number of nitrogen functional groups attached to an aromatic ring is 1. The number of ether oxygens (including phenoxy) is 1. The molecular weight excluding hydrogens is 770 g/mol. The van der Waals surface area contributed by atoms with Crippen LogP contribution in [-0.2, 0) is 29.8 Å². The first kappa shape index (κ1) is 40.5. The fourth-order valence-electron chi connectivity index (χ4n) is 6.23. The molecule has 0 spiro atoms. The molecule has 0 radical (unpaired) electrons. The Hall–Kier alpha value is -5.67. The minimum atomic E-state index is -1.03. The van der Waals surface area contributed by atoms with Crippen molar-refractivity contribution in [2.45, 2.75) is 51.3 Å². The van der Waals surface area contributed by atoms with Gasteiger partial charge < -0.3 is 20.3 Å². The number of likely N-dealkylation sites (tertiary alicyclic amines) is 1. The number of fused-ring (bicyclic) bond motifs is 1. The number of hydrogen-bond acceptors (Lipinski definition) is 10. The van der Waals surface area contributed by atoms with E-state index in [0.29, 0.717) is 22.3 Å². The standard InChI is InChI=1S/C29H25N3O6.C6H13N.C5H6BrN3O/c1-31(27(35)20-6-3-2-4-7-20)16-18-10-12-19(13-11-18)17-38-23-9-5-8-21-25(23)29(37)32(28(21)36)22-14-15-24(33)30-26(22)34;1-7-5-3-2-4-6-7;1-9-5(10)4(6)3(7)2-8-9/h2-13,22H,14-17H2,1H3,(H,30,33,34);2-6H2,1H3;2H,7H2,1H3. The lowest BCUT2D eigenvalue weighted by Gasteiger charge is -2.27. The van der Waals surface area contributed by atoms with Crippen LogP contribution in [0.25, 0.3) is 0 Å². The van der Waals surface area contributed by atoms with E-state index in [2.05, 4.69) is 38.3 Å². The van der Waals surface area contributed by atoms with E-state index in [1.807, 2.05) is 42.5 Å². The number of anilines is 1. The Bertz CT molecular complexity index is 2100. The molecule has 4 aromatic rings. The molecule has 4 heterocycles. The maximum atomic E-state index is 13.2. The van der Waals surface area contributed by atoms with Crippen LogP contribution in [0.1, 0.15) is 74.3 Å². The van der Waals surface area contributed by atoms with Crippen LogP contribution in [0.2, 0.25) is 0 Å². The van der Waals surface area contributed by atoms with Gasteiger partial charge in [0.05, 0.1) is 23.0 Å². The number of carbonyl (C=O) groups is 5. The molecule has 0 bridgehead atoms. The van der Waals surface area contributed by atoms with Gasteiger partial charge >= 0.3 is 0 Å². The van der Waals surface area contributed by atoms with Crippen molar-refractivity contribution in [2.75, 3.05) is 32.9 Å². The van der Waals surface area contributed by atoms with E-state index in [4.69, 9.17) is 10.5 Å². The second kappa shape index (κ2) is 18.6. The third kappa shape index (κ3) is 10.1. The van der Waals surface area contributed by atoms with E-state index in [0.717, 1.165) is 16.0 Å². The monoisotopic (exact) mass is 813 g/mol. The molecule has 0 saturated carbocycles. The zero-order valence-electron chi connectivity index (χ0n) is 31.0. The Labute approximate surface area is 327 Å². The first-order chi connectivity index (χ1) is 26.3. The van der Waals surface area contributed by atoms with Crippen molar-refractivity contribution in [1.82, 2.24) is 29.8 Å². The molecule has 2 saturated heterocycles. The molecule has 7 rings (SSSR count). The Morgan fingerprint density at radius 3 is 2.20 bits per heavy atom. The summed E-state index contributed by atoms with van der Waals surface area (Å²) >= 11 is 3.03. The summed E-state index contributed by atoms with van der Waals surface area (Å²) in [5.41, 5.74) is 8.19. The second-order valence-electron chi connectivity index (χ2n) is 13.5. The molecule has 55 heavy (non-hydrogen) atoms. The number of aryl methyl sites for hydroxylation is 1. The lowest BCUT2D eigenvalue weighted by molar-refractivity contribution is -0.136. The van der Waals surface area contributed by atoms with E-state index in [1.165, 1.54) is 49.3 Å². The number of aromatic nitrogens is 2. The molecule has 3 aliphatic heterocycles. The molecule has 5 amide bonds. The average Bonchev–Trinajstić information content (AvgIpc) is 3.45. The maximum absolute atomic E-state index is 13.2. The highest BCUT2D eigenvalue weighted by Crippen LogP contribution is 2.34. The van der Waals surface area contributed by atoms with E-state index >= 15 is 0 Å². The van der Waals surface area contributed by atoms with Gasteiger partial charge in [-0.3, -0.25) is 39.0 Å². The lowest BCUT2D eigenvalue weighted by Crippen LogP contribution is -2.54. The van der Waals surface area contributed by atoms with E-state index in [1.54, 1.807) is 43.3 Å². The van der Waals surface area contributed by atoms with Crippen molar-refractivity contribution in [3.63, 3.8) is 0 Å². The third-order valence-electron chi connectivity index (χ3n) is 9.32. The molecule has 1 unspecified atom stereocenters. The zero-order valence-corrected chi connectivity index (χ0v) is 32.6. The van der Waals surface area contributed by atoms with Crippen molar-refractivity contribution < 1.29 is 28.7 Å². The minimum Gasteiger partial charge on any atom is -0.488 e. The summed E-state index contributed by atoms with van der Waals surface area (Å²) in [5, 5.41) is 5.88. The summed E-state index contributed by atoms with van der Waals surface area (Å²) in [7, 11) is 5.50. The highest BCUT2D eigenvalue weighted by molar-refractivity contribution is 9.10. The predicted molar refractivity (Wildman–Crippen MR) is 209 cm³/mol. The normalized spacial score (nSPS) is 16.6. The molecular formula is C40H44BrN7O7. The van der Waals surface area contributed by atoms with E-state index < -0.39 is 29.7 Å². The molecule has 1 aromatic heterocycles. The predicted octanol–water partition coefficient (Wildman–Crippen LogP) is 4.17. The fraction of sp³-hybridized carbons (Fsp3) is 0.325. The molecule has 2 fully saturated rings. The van der Waals surface area contributed by atoms with Gasteiger partial charge in [-0.2, -0.15) is 5.10 Å².